The van der Waals surface area contributed by atoms with Gasteiger partial charge in [-0.05, 0) is 18.1 Å². The number of benzene rings is 1. The predicted molar refractivity (Wildman–Crippen MR) is 77.6 cm³/mol. The van der Waals surface area contributed by atoms with Crippen molar-refractivity contribution in [1.29, 1.82) is 0 Å². The normalized spacial score (nSPS) is 11.4. The minimum absolute atomic E-state index is 0.456. The maximum Gasteiger partial charge on any atom is 0.210 e. The van der Waals surface area contributed by atoms with E-state index in [4.69, 9.17) is 15.3 Å². The van der Waals surface area contributed by atoms with E-state index in [1.54, 1.807) is 14.2 Å². The van der Waals surface area contributed by atoms with Gasteiger partial charge in [0.25, 0.3) is 0 Å². The molecular weight excluding hydrogens is 244 g/mol. The summed E-state index contributed by atoms with van der Waals surface area (Å²) in [5.41, 5.74) is 3.28. The van der Waals surface area contributed by atoms with Crippen LogP contribution >= 0.6 is 0 Å². The maximum absolute atomic E-state index is 5.45. The molecule has 0 aliphatic carbocycles. The van der Waals surface area contributed by atoms with Gasteiger partial charge in [0.15, 0.2) is 0 Å². The second-order valence-electron chi connectivity index (χ2n) is 4.42. The summed E-state index contributed by atoms with van der Waals surface area (Å²) < 4.78 is 10.5. The van der Waals surface area contributed by atoms with Gasteiger partial charge in [-0.2, -0.15) is 0 Å². The third-order valence-electron chi connectivity index (χ3n) is 2.41. The summed E-state index contributed by atoms with van der Waals surface area (Å²) in [5, 5.41) is 3.09. The van der Waals surface area contributed by atoms with Crippen molar-refractivity contribution in [2.45, 2.75) is 13.8 Å². The molecule has 6 nitrogen and oxygen atoms in total. The Morgan fingerprint density at radius 1 is 1.32 bits per heavy atom. The Bertz CT molecular complexity index is 433. The van der Waals surface area contributed by atoms with Gasteiger partial charge in [0, 0.05) is 12.6 Å². The SMILES string of the molecule is COc1ccc(OC)c(NC(=NCC(C)C)NN)c1. The highest BCUT2D eigenvalue weighted by atomic mass is 16.5. The Morgan fingerprint density at radius 2 is 2.05 bits per heavy atom. The minimum Gasteiger partial charge on any atom is -0.497 e. The van der Waals surface area contributed by atoms with E-state index in [1.807, 2.05) is 18.2 Å². The van der Waals surface area contributed by atoms with Crippen molar-refractivity contribution < 1.29 is 9.47 Å². The molecule has 1 rings (SSSR count). The number of nitrogens with two attached hydrogens (primary N) is 1. The number of hydrazine groups is 1. The zero-order valence-corrected chi connectivity index (χ0v) is 11.9. The molecule has 19 heavy (non-hydrogen) atoms. The number of hydrogen-bond donors (Lipinski definition) is 3. The molecule has 1 aromatic carbocycles. The minimum atomic E-state index is 0.456. The van der Waals surface area contributed by atoms with Crippen molar-refractivity contribution in [2.75, 3.05) is 26.1 Å². The topological polar surface area (TPSA) is 80.9 Å². The molecule has 0 saturated carbocycles. The van der Waals surface area contributed by atoms with Gasteiger partial charge in [0.05, 0.1) is 19.9 Å². The van der Waals surface area contributed by atoms with Crippen LogP contribution in [0.5, 0.6) is 11.5 Å². The zero-order valence-electron chi connectivity index (χ0n) is 11.9. The van der Waals surface area contributed by atoms with Crippen molar-refractivity contribution >= 4 is 11.6 Å². The van der Waals surface area contributed by atoms with E-state index in [9.17, 15) is 0 Å². The molecule has 4 N–H and O–H groups in total. The lowest BCUT2D eigenvalue weighted by Gasteiger charge is -2.14. The van der Waals surface area contributed by atoms with Crippen LogP contribution < -0.4 is 26.1 Å². The third kappa shape index (κ3) is 4.67. The van der Waals surface area contributed by atoms with E-state index in [0.717, 1.165) is 11.4 Å². The fourth-order valence-corrected chi connectivity index (χ4v) is 1.43. The van der Waals surface area contributed by atoms with Crippen molar-refractivity contribution in [2.24, 2.45) is 16.8 Å². The summed E-state index contributed by atoms with van der Waals surface area (Å²) in [4.78, 5) is 4.34. The summed E-state index contributed by atoms with van der Waals surface area (Å²) >= 11 is 0. The smallest absolute Gasteiger partial charge is 0.210 e. The lowest BCUT2D eigenvalue weighted by molar-refractivity contribution is 0.405. The van der Waals surface area contributed by atoms with Crippen molar-refractivity contribution in [3.8, 4) is 11.5 Å². The Morgan fingerprint density at radius 3 is 2.58 bits per heavy atom. The number of methoxy groups -OCH3 is 2. The Labute approximate surface area is 114 Å². The van der Waals surface area contributed by atoms with E-state index < -0.39 is 0 Å². The number of nitrogens with zero attached hydrogens (tertiary/aromatic N) is 1. The summed E-state index contributed by atoms with van der Waals surface area (Å²) in [6.07, 6.45) is 0. The summed E-state index contributed by atoms with van der Waals surface area (Å²) in [6.45, 7) is 4.85. The fourth-order valence-electron chi connectivity index (χ4n) is 1.43. The molecule has 0 spiro atoms. The molecule has 0 aliphatic rings. The van der Waals surface area contributed by atoms with Crippen LogP contribution in [0.25, 0.3) is 0 Å². The molecule has 0 aromatic heterocycles. The molecule has 0 atom stereocenters. The molecule has 1 aromatic rings. The first-order valence-electron chi connectivity index (χ1n) is 6.10. The van der Waals surface area contributed by atoms with Gasteiger partial charge in [-0.3, -0.25) is 10.4 Å². The van der Waals surface area contributed by atoms with Gasteiger partial charge in [-0.15, -0.1) is 0 Å². The van der Waals surface area contributed by atoms with Crippen molar-refractivity contribution in [3.05, 3.63) is 18.2 Å². The average Bonchev–Trinajstić information content (AvgIpc) is 2.42. The molecule has 0 fully saturated rings. The Balaban J connectivity index is 2.91. The number of aliphatic imine (C=N–C) groups is 1. The highest BCUT2D eigenvalue weighted by Gasteiger charge is 2.07. The molecular formula is C13H22N4O2. The number of hydrogen-bond acceptors (Lipinski definition) is 4. The second kappa shape index (κ2) is 7.48. The predicted octanol–water partition coefficient (Wildman–Crippen LogP) is 1.59. The number of nitrogens with one attached hydrogen (secondary N) is 2. The van der Waals surface area contributed by atoms with Crippen LogP contribution in [-0.2, 0) is 0 Å². The van der Waals surface area contributed by atoms with Gasteiger partial charge in [-0.25, -0.2) is 5.84 Å². The molecule has 0 heterocycles. The summed E-state index contributed by atoms with van der Waals surface area (Å²) in [7, 11) is 3.22. The van der Waals surface area contributed by atoms with Crippen LogP contribution in [0.2, 0.25) is 0 Å². The first-order valence-corrected chi connectivity index (χ1v) is 6.10. The van der Waals surface area contributed by atoms with Gasteiger partial charge < -0.3 is 14.8 Å². The summed E-state index contributed by atoms with van der Waals surface area (Å²) in [6, 6.07) is 5.46. The molecule has 0 aliphatic heterocycles. The van der Waals surface area contributed by atoms with E-state index in [2.05, 4.69) is 29.6 Å². The van der Waals surface area contributed by atoms with E-state index >= 15 is 0 Å². The number of guanidine groups is 1. The van der Waals surface area contributed by atoms with Crippen LogP contribution in [0.4, 0.5) is 5.69 Å². The molecule has 0 unspecified atom stereocenters. The van der Waals surface area contributed by atoms with Gasteiger partial charge in [0.2, 0.25) is 5.96 Å². The van der Waals surface area contributed by atoms with Crippen LogP contribution in [-0.4, -0.2) is 26.7 Å². The highest BCUT2D eigenvalue weighted by Crippen LogP contribution is 2.28. The lowest BCUT2D eigenvalue weighted by atomic mass is 10.2. The Kier molecular flexibility index (Phi) is 5.95. The van der Waals surface area contributed by atoms with Crippen LogP contribution in [0.3, 0.4) is 0 Å². The molecule has 0 saturated heterocycles. The standard InChI is InChI=1S/C13H22N4O2/c1-9(2)8-15-13(17-14)16-11-7-10(18-3)5-6-12(11)19-4/h5-7,9H,8,14H2,1-4H3,(H2,15,16,17). The van der Waals surface area contributed by atoms with Crippen LogP contribution in [0.15, 0.2) is 23.2 Å². The quantitative estimate of drug-likeness (QED) is 0.326. The highest BCUT2D eigenvalue weighted by molar-refractivity contribution is 5.94. The first-order chi connectivity index (χ1) is 9.10. The van der Waals surface area contributed by atoms with E-state index in [1.165, 1.54) is 0 Å². The monoisotopic (exact) mass is 266 g/mol. The third-order valence-corrected chi connectivity index (χ3v) is 2.41. The Hall–Kier alpha value is -1.95. The molecule has 6 heteroatoms. The largest absolute Gasteiger partial charge is 0.497 e. The zero-order chi connectivity index (χ0) is 14.3. The first kappa shape index (κ1) is 15.1. The maximum atomic E-state index is 5.45. The average molecular weight is 266 g/mol. The van der Waals surface area contributed by atoms with Gasteiger partial charge >= 0.3 is 0 Å². The fraction of sp³-hybridized carbons (Fsp3) is 0.462. The van der Waals surface area contributed by atoms with Crippen LogP contribution in [0, 0.1) is 5.92 Å². The summed E-state index contributed by atoms with van der Waals surface area (Å²) in [5.74, 6) is 7.81. The molecule has 0 amide bonds. The van der Waals surface area contributed by atoms with E-state index in [0.29, 0.717) is 24.2 Å². The van der Waals surface area contributed by atoms with E-state index in [-0.39, 0.29) is 0 Å². The second-order valence-corrected chi connectivity index (χ2v) is 4.42. The number of ether oxygens (including phenoxy) is 2. The number of rotatable bonds is 5. The molecule has 0 radical (unpaired) electrons. The molecule has 0 bridgehead atoms. The number of anilines is 1. The van der Waals surface area contributed by atoms with Crippen LogP contribution in [0.1, 0.15) is 13.8 Å². The van der Waals surface area contributed by atoms with Crippen molar-refractivity contribution in [1.82, 2.24) is 5.43 Å². The molecule has 106 valence electrons. The van der Waals surface area contributed by atoms with Gasteiger partial charge in [0.1, 0.15) is 11.5 Å². The lowest BCUT2D eigenvalue weighted by Crippen LogP contribution is -2.36. The van der Waals surface area contributed by atoms with Crippen molar-refractivity contribution in [3.63, 3.8) is 0 Å². The van der Waals surface area contributed by atoms with Gasteiger partial charge in [-0.1, -0.05) is 13.8 Å².